The number of likely N-dealkylation sites (tertiary alicyclic amines) is 1. The fraction of sp³-hybridized carbons (Fsp3) is 0.320. The standard InChI is InChI=1S/C25H30N4O3S.ClH/c26-18-20-9-11-21(12-10-20)19-29(25(30)28-15-5-1-2-6-16-28)27-33(31,32)24-14-13-22-7-3-4-8-23(22)17-24;/h3-4,7-14,17,27H,1-2,5-6,15-16,18-19,26H2;1H. The van der Waals surface area contributed by atoms with Crippen LogP contribution in [-0.2, 0) is 23.1 Å². The number of urea groups is 1. The third-order valence-electron chi connectivity index (χ3n) is 5.97. The topological polar surface area (TPSA) is 95.7 Å². The van der Waals surface area contributed by atoms with Gasteiger partial charge in [-0.15, -0.1) is 17.2 Å². The molecule has 1 saturated heterocycles. The van der Waals surface area contributed by atoms with Crippen molar-refractivity contribution in [2.24, 2.45) is 5.73 Å². The van der Waals surface area contributed by atoms with Crippen LogP contribution in [0.5, 0.6) is 0 Å². The first-order valence-electron chi connectivity index (χ1n) is 11.3. The van der Waals surface area contributed by atoms with Gasteiger partial charge >= 0.3 is 6.03 Å². The number of amides is 2. The summed E-state index contributed by atoms with van der Waals surface area (Å²) >= 11 is 0. The van der Waals surface area contributed by atoms with Crippen molar-refractivity contribution < 1.29 is 13.2 Å². The second-order valence-electron chi connectivity index (χ2n) is 8.39. The second-order valence-corrected chi connectivity index (χ2v) is 10.1. The molecule has 3 N–H and O–H groups in total. The van der Waals surface area contributed by atoms with Gasteiger partial charge in [-0.05, 0) is 46.9 Å². The van der Waals surface area contributed by atoms with Crippen LogP contribution in [0.4, 0.5) is 4.79 Å². The lowest BCUT2D eigenvalue weighted by Crippen LogP contribution is -2.51. The first-order chi connectivity index (χ1) is 16.0. The second kappa shape index (κ2) is 11.7. The van der Waals surface area contributed by atoms with Crippen LogP contribution >= 0.6 is 12.4 Å². The Morgan fingerprint density at radius 1 is 0.882 bits per heavy atom. The Morgan fingerprint density at radius 3 is 2.15 bits per heavy atom. The normalized spacial score (nSPS) is 14.3. The van der Waals surface area contributed by atoms with Crippen LogP contribution in [0.15, 0.2) is 71.6 Å². The lowest BCUT2D eigenvalue weighted by molar-refractivity contribution is 0.142. The summed E-state index contributed by atoms with van der Waals surface area (Å²) in [5, 5.41) is 2.99. The summed E-state index contributed by atoms with van der Waals surface area (Å²) in [5.74, 6) is 0. The highest BCUT2D eigenvalue weighted by Crippen LogP contribution is 2.20. The number of fused-ring (bicyclic) bond motifs is 1. The van der Waals surface area contributed by atoms with Gasteiger partial charge in [0.15, 0.2) is 0 Å². The highest BCUT2D eigenvalue weighted by atomic mass is 35.5. The van der Waals surface area contributed by atoms with Gasteiger partial charge in [-0.3, -0.25) is 0 Å². The van der Waals surface area contributed by atoms with Gasteiger partial charge in [0.2, 0.25) is 0 Å². The van der Waals surface area contributed by atoms with Gasteiger partial charge in [0.25, 0.3) is 10.0 Å². The molecule has 1 aliphatic rings. The molecule has 7 nitrogen and oxygen atoms in total. The van der Waals surface area contributed by atoms with Crippen molar-refractivity contribution in [2.75, 3.05) is 13.1 Å². The molecule has 182 valence electrons. The van der Waals surface area contributed by atoms with E-state index in [-0.39, 0.29) is 29.9 Å². The largest absolute Gasteiger partial charge is 0.335 e. The average Bonchev–Trinajstić information content (AvgIpc) is 3.13. The summed E-state index contributed by atoms with van der Waals surface area (Å²) in [5.41, 5.74) is 7.48. The highest BCUT2D eigenvalue weighted by molar-refractivity contribution is 7.89. The fourth-order valence-electron chi connectivity index (χ4n) is 4.07. The maximum Gasteiger partial charge on any atom is 0.335 e. The minimum absolute atomic E-state index is 0. The van der Waals surface area contributed by atoms with Crippen molar-refractivity contribution in [3.8, 4) is 0 Å². The van der Waals surface area contributed by atoms with E-state index in [0.717, 1.165) is 47.6 Å². The number of hydrazine groups is 1. The molecule has 0 spiro atoms. The van der Waals surface area contributed by atoms with E-state index in [1.165, 1.54) is 5.01 Å². The quantitative estimate of drug-likeness (QED) is 0.488. The van der Waals surface area contributed by atoms with Crippen molar-refractivity contribution in [2.45, 2.75) is 43.7 Å². The number of sulfonamides is 1. The molecule has 1 heterocycles. The Balaban J connectivity index is 0.00000324. The number of halogens is 1. The molecular weight excluding hydrogens is 472 g/mol. The van der Waals surface area contributed by atoms with E-state index in [1.54, 1.807) is 23.1 Å². The zero-order valence-corrected chi connectivity index (χ0v) is 20.7. The van der Waals surface area contributed by atoms with E-state index in [2.05, 4.69) is 4.83 Å². The number of benzene rings is 3. The van der Waals surface area contributed by atoms with E-state index in [0.29, 0.717) is 19.6 Å². The van der Waals surface area contributed by atoms with E-state index >= 15 is 0 Å². The third kappa shape index (κ3) is 6.27. The molecular formula is C25H31ClN4O3S. The zero-order chi connectivity index (χ0) is 23.3. The molecule has 1 fully saturated rings. The van der Waals surface area contributed by atoms with E-state index in [4.69, 9.17) is 5.73 Å². The molecule has 0 unspecified atom stereocenters. The molecule has 4 rings (SSSR count). The van der Waals surface area contributed by atoms with Crippen molar-refractivity contribution in [1.82, 2.24) is 14.7 Å². The predicted octanol–water partition coefficient (Wildman–Crippen LogP) is 4.41. The number of carbonyl (C=O) groups is 1. The molecule has 0 atom stereocenters. The maximum atomic E-state index is 13.4. The molecule has 9 heteroatoms. The number of rotatable bonds is 6. The number of hydrogen-bond donors (Lipinski definition) is 2. The van der Waals surface area contributed by atoms with Gasteiger partial charge in [0.05, 0.1) is 11.4 Å². The summed E-state index contributed by atoms with van der Waals surface area (Å²) in [7, 11) is -3.97. The van der Waals surface area contributed by atoms with Crippen LogP contribution in [0.25, 0.3) is 10.8 Å². The van der Waals surface area contributed by atoms with Crippen molar-refractivity contribution in [1.29, 1.82) is 0 Å². The monoisotopic (exact) mass is 502 g/mol. The Labute approximate surface area is 207 Å². The van der Waals surface area contributed by atoms with Crippen molar-refractivity contribution in [3.63, 3.8) is 0 Å². The van der Waals surface area contributed by atoms with Gasteiger partial charge in [-0.2, -0.15) is 0 Å². The van der Waals surface area contributed by atoms with Gasteiger partial charge < -0.3 is 10.6 Å². The van der Waals surface area contributed by atoms with Crippen LogP contribution in [0.2, 0.25) is 0 Å². The molecule has 1 aliphatic heterocycles. The Morgan fingerprint density at radius 2 is 1.50 bits per heavy atom. The first kappa shape index (κ1) is 26.0. The number of nitrogens with two attached hydrogens (primary N) is 1. The molecule has 3 aromatic carbocycles. The molecule has 0 radical (unpaired) electrons. The van der Waals surface area contributed by atoms with E-state index in [1.807, 2.05) is 48.5 Å². The molecule has 3 aromatic rings. The minimum Gasteiger partial charge on any atom is -0.326 e. The summed E-state index contributed by atoms with van der Waals surface area (Å²) in [4.78, 5) is 17.8. The summed E-state index contributed by atoms with van der Waals surface area (Å²) in [6.07, 6.45) is 3.99. The Hall–Kier alpha value is -2.65. The summed E-state index contributed by atoms with van der Waals surface area (Å²) in [6.45, 7) is 1.79. The highest BCUT2D eigenvalue weighted by Gasteiger charge is 2.27. The van der Waals surface area contributed by atoms with Gasteiger partial charge in [0.1, 0.15) is 0 Å². The third-order valence-corrected chi connectivity index (χ3v) is 7.30. The Kier molecular flexibility index (Phi) is 8.90. The van der Waals surface area contributed by atoms with Crippen LogP contribution in [-0.4, -0.2) is 37.4 Å². The maximum absolute atomic E-state index is 13.4. The number of carbonyl (C=O) groups excluding carboxylic acids is 1. The van der Waals surface area contributed by atoms with E-state index in [9.17, 15) is 13.2 Å². The minimum atomic E-state index is -3.97. The fourth-order valence-corrected chi connectivity index (χ4v) is 5.13. The van der Waals surface area contributed by atoms with E-state index < -0.39 is 10.0 Å². The first-order valence-corrected chi connectivity index (χ1v) is 12.8. The molecule has 2 amide bonds. The van der Waals surface area contributed by atoms with Crippen LogP contribution in [0.1, 0.15) is 36.8 Å². The molecule has 0 aliphatic carbocycles. The van der Waals surface area contributed by atoms with Crippen molar-refractivity contribution >= 4 is 39.2 Å². The molecule has 34 heavy (non-hydrogen) atoms. The number of nitrogens with zero attached hydrogens (tertiary/aromatic N) is 2. The Bertz CT molecular complexity index is 1210. The number of hydrogen-bond acceptors (Lipinski definition) is 4. The zero-order valence-electron chi connectivity index (χ0n) is 19.0. The molecule has 0 bridgehead atoms. The van der Waals surface area contributed by atoms with Gasteiger partial charge in [0, 0.05) is 19.6 Å². The van der Waals surface area contributed by atoms with Crippen LogP contribution < -0.4 is 10.6 Å². The predicted molar refractivity (Wildman–Crippen MR) is 137 cm³/mol. The SMILES string of the molecule is Cl.NCc1ccc(CN(NS(=O)(=O)c2ccc3ccccc3c2)C(=O)N2CCCCCC2)cc1. The summed E-state index contributed by atoms with van der Waals surface area (Å²) < 4.78 is 26.6. The van der Waals surface area contributed by atoms with Gasteiger partial charge in [-0.25, -0.2) is 18.2 Å². The smallest absolute Gasteiger partial charge is 0.326 e. The summed E-state index contributed by atoms with van der Waals surface area (Å²) in [6, 6.07) is 19.7. The number of nitrogens with one attached hydrogen (secondary N) is 1. The molecule has 0 saturated carbocycles. The van der Waals surface area contributed by atoms with Gasteiger partial charge in [-0.1, -0.05) is 67.4 Å². The lowest BCUT2D eigenvalue weighted by Gasteiger charge is -2.30. The molecule has 0 aromatic heterocycles. The van der Waals surface area contributed by atoms with Crippen LogP contribution in [0, 0.1) is 0 Å². The lowest BCUT2D eigenvalue weighted by atomic mass is 10.1. The van der Waals surface area contributed by atoms with Crippen molar-refractivity contribution in [3.05, 3.63) is 77.9 Å². The van der Waals surface area contributed by atoms with Crippen LogP contribution in [0.3, 0.4) is 0 Å². The average molecular weight is 503 g/mol.